The summed E-state index contributed by atoms with van der Waals surface area (Å²) in [5, 5.41) is 0. The maximum absolute atomic E-state index is 11.2. The first-order valence-electron chi connectivity index (χ1n) is 4.49. The van der Waals surface area contributed by atoms with Crippen LogP contribution >= 0.6 is 0 Å². The van der Waals surface area contributed by atoms with Gasteiger partial charge in [-0.25, -0.2) is 0 Å². The number of nitrogens with zero attached hydrogens (tertiary/aromatic N) is 2. The van der Waals surface area contributed by atoms with Crippen molar-refractivity contribution in [2.75, 3.05) is 20.1 Å². The van der Waals surface area contributed by atoms with E-state index in [9.17, 15) is 4.79 Å². The predicted octanol–water partition coefficient (Wildman–Crippen LogP) is 0.557. The van der Waals surface area contributed by atoms with Crippen molar-refractivity contribution in [1.82, 2.24) is 9.80 Å². The molecule has 1 saturated heterocycles. The van der Waals surface area contributed by atoms with E-state index in [0.29, 0.717) is 12.1 Å². The number of rotatable bonds is 0. The SMILES string of the molecule is CC(=O)N1C[C@@H](C)N(C)C[C@@H]1C. The molecule has 0 saturated carbocycles. The quantitative estimate of drug-likeness (QED) is 0.530. The smallest absolute Gasteiger partial charge is 0.219 e. The number of carbonyl (C=O) groups excluding carboxylic acids is 1. The molecule has 0 radical (unpaired) electrons. The van der Waals surface area contributed by atoms with E-state index in [-0.39, 0.29) is 5.91 Å². The third-order valence-electron chi connectivity index (χ3n) is 2.70. The van der Waals surface area contributed by atoms with E-state index >= 15 is 0 Å². The predicted molar refractivity (Wildman–Crippen MR) is 48.9 cm³/mol. The molecule has 1 fully saturated rings. The topological polar surface area (TPSA) is 23.6 Å². The Bertz CT molecular complexity index is 181. The Morgan fingerprint density at radius 3 is 2.33 bits per heavy atom. The highest BCUT2D eigenvalue weighted by Gasteiger charge is 2.27. The molecule has 3 nitrogen and oxygen atoms in total. The molecule has 12 heavy (non-hydrogen) atoms. The summed E-state index contributed by atoms with van der Waals surface area (Å²) in [6, 6.07) is 0.855. The standard InChI is InChI=1S/C9H18N2O/c1-7-6-11(9(3)12)8(2)5-10(7)4/h7-8H,5-6H2,1-4H3/t7-,8+/m1/s1. The van der Waals surface area contributed by atoms with E-state index in [1.807, 2.05) is 4.90 Å². The van der Waals surface area contributed by atoms with Gasteiger partial charge in [0, 0.05) is 32.1 Å². The Morgan fingerprint density at radius 2 is 1.83 bits per heavy atom. The van der Waals surface area contributed by atoms with Gasteiger partial charge in [0.15, 0.2) is 0 Å². The molecule has 1 aliphatic rings. The van der Waals surface area contributed by atoms with Gasteiger partial charge in [0.1, 0.15) is 0 Å². The normalized spacial score (nSPS) is 32.2. The fourth-order valence-corrected chi connectivity index (χ4v) is 1.74. The lowest BCUT2D eigenvalue weighted by atomic mass is 10.1. The Morgan fingerprint density at radius 1 is 1.25 bits per heavy atom. The molecule has 0 aliphatic carbocycles. The van der Waals surface area contributed by atoms with Gasteiger partial charge < -0.3 is 4.90 Å². The van der Waals surface area contributed by atoms with Gasteiger partial charge in [0.2, 0.25) is 5.91 Å². The van der Waals surface area contributed by atoms with Crippen molar-refractivity contribution in [3.05, 3.63) is 0 Å². The minimum absolute atomic E-state index is 0.197. The highest BCUT2D eigenvalue weighted by atomic mass is 16.2. The van der Waals surface area contributed by atoms with Crippen LogP contribution in [0.3, 0.4) is 0 Å². The average molecular weight is 170 g/mol. The zero-order chi connectivity index (χ0) is 9.30. The molecule has 0 aromatic rings. The number of hydrogen-bond donors (Lipinski definition) is 0. The highest BCUT2D eigenvalue weighted by molar-refractivity contribution is 5.73. The molecule has 2 atom stereocenters. The highest BCUT2D eigenvalue weighted by Crippen LogP contribution is 2.12. The third-order valence-corrected chi connectivity index (χ3v) is 2.70. The van der Waals surface area contributed by atoms with Crippen LogP contribution in [0, 0.1) is 0 Å². The van der Waals surface area contributed by atoms with Crippen LogP contribution in [0.15, 0.2) is 0 Å². The van der Waals surface area contributed by atoms with Gasteiger partial charge in [-0.15, -0.1) is 0 Å². The van der Waals surface area contributed by atoms with Crippen LogP contribution in [-0.2, 0) is 4.79 Å². The lowest BCUT2D eigenvalue weighted by Gasteiger charge is -2.42. The van der Waals surface area contributed by atoms with Crippen molar-refractivity contribution in [3.8, 4) is 0 Å². The maximum atomic E-state index is 11.2. The number of piperazine rings is 1. The average Bonchev–Trinajstić information content (AvgIpc) is 1.96. The van der Waals surface area contributed by atoms with Gasteiger partial charge in [-0.1, -0.05) is 0 Å². The van der Waals surface area contributed by atoms with Gasteiger partial charge >= 0.3 is 0 Å². The number of carbonyl (C=O) groups is 1. The van der Waals surface area contributed by atoms with Crippen LogP contribution in [0.2, 0.25) is 0 Å². The molecule has 1 heterocycles. The second kappa shape index (κ2) is 3.44. The van der Waals surface area contributed by atoms with E-state index in [4.69, 9.17) is 0 Å². The van der Waals surface area contributed by atoms with Crippen molar-refractivity contribution < 1.29 is 4.79 Å². The molecule has 0 bridgehead atoms. The summed E-state index contributed by atoms with van der Waals surface area (Å²) in [7, 11) is 2.11. The van der Waals surface area contributed by atoms with E-state index in [2.05, 4.69) is 25.8 Å². The fraction of sp³-hybridized carbons (Fsp3) is 0.889. The van der Waals surface area contributed by atoms with Gasteiger partial charge in [0.25, 0.3) is 0 Å². The number of amides is 1. The van der Waals surface area contributed by atoms with Crippen molar-refractivity contribution in [2.45, 2.75) is 32.9 Å². The molecule has 0 aromatic heterocycles. The summed E-state index contributed by atoms with van der Waals surface area (Å²) < 4.78 is 0. The lowest BCUT2D eigenvalue weighted by Crippen LogP contribution is -2.56. The molecule has 0 unspecified atom stereocenters. The van der Waals surface area contributed by atoms with Crippen molar-refractivity contribution in [2.24, 2.45) is 0 Å². The zero-order valence-electron chi connectivity index (χ0n) is 8.37. The summed E-state index contributed by atoms with van der Waals surface area (Å²) in [4.78, 5) is 15.4. The molecular weight excluding hydrogens is 152 g/mol. The van der Waals surface area contributed by atoms with Gasteiger partial charge in [-0.2, -0.15) is 0 Å². The first-order chi connectivity index (χ1) is 5.52. The van der Waals surface area contributed by atoms with Crippen LogP contribution in [0.1, 0.15) is 20.8 Å². The summed E-state index contributed by atoms with van der Waals surface area (Å²) >= 11 is 0. The Labute approximate surface area is 74.3 Å². The summed E-state index contributed by atoms with van der Waals surface area (Å²) in [6.45, 7) is 7.76. The van der Waals surface area contributed by atoms with E-state index < -0.39 is 0 Å². The van der Waals surface area contributed by atoms with E-state index in [1.54, 1.807) is 6.92 Å². The Balaban J connectivity index is 2.61. The van der Waals surface area contributed by atoms with Gasteiger partial charge in [-0.3, -0.25) is 9.69 Å². The van der Waals surface area contributed by atoms with Crippen LogP contribution in [0.5, 0.6) is 0 Å². The molecular formula is C9H18N2O. The van der Waals surface area contributed by atoms with E-state index in [1.165, 1.54) is 0 Å². The van der Waals surface area contributed by atoms with Crippen LogP contribution < -0.4 is 0 Å². The zero-order valence-corrected chi connectivity index (χ0v) is 8.37. The van der Waals surface area contributed by atoms with Crippen molar-refractivity contribution >= 4 is 5.91 Å². The molecule has 1 rings (SSSR count). The molecule has 1 amide bonds. The van der Waals surface area contributed by atoms with Crippen molar-refractivity contribution in [3.63, 3.8) is 0 Å². The molecule has 70 valence electrons. The lowest BCUT2D eigenvalue weighted by molar-refractivity contribution is -0.134. The monoisotopic (exact) mass is 170 g/mol. The van der Waals surface area contributed by atoms with Crippen LogP contribution in [0.25, 0.3) is 0 Å². The Kier molecular flexibility index (Phi) is 2.73. The number of hydrogen-bond acceptors (Lipinski definition) is 2. The van der Waals surface area contributed by atoms with Gasteiger partial charge in [-0.05, 0) is 20.9 Å². The summed E-state index contributed by atoms with van der Waals surface area (Å²) in [6.07, 6.45) is 0. The van der Waals surface area contributed by atoms with Crippen LogP contribution in [0.4, 0.5) is 0 Å². The second-order valence-corrected chi connectivity index (χ2v) is 3.81. The first kappa shape index (κ1) is 9.52. The fourth-order valence-electron chi connectivity index (χ4n) is 1.74. The van der Waals surface area contributed by atoms with Crippen LogP contribution in [-0.4, -0.2) is 47.9 Å². The summed E-state index contributed by atoms with van der Waals surface area (Å²) in [5.41, 5.74) is 0. The first-order valence-corrected chi connectivity index (χ1v) is 4.49. The van der Waals surface area contributed by atoms with E-state index in [0.717, 1.165) is 13.1 Å². The second-order valence-electron chi connectivity index (χ2n) is 3.81. The third kappa shape index (κ3) is 1.78. The minimum atomic E-state index is 0.197. The largest absolute Gasteiger partial charge is 0.337 e. The van der Waals surface area contributed by atoms with Gasteiger partial charge in [0.05, 0.1) is 0 Å². The number of likely N-dealkylation sites (N-methyl/N-ethyl adjacent to an activating group) is 1. The summed E-state index contributed by atoms with van der Waals surface area (Å²) in [5.74, 6) is 0.197. The minimum Gasteiger partial charge on any atom is -0.337 e. The molecule has 3 heteroatoms. The van der Waals surface area contributed by atoms with Crippen molar-refractivity contribution in [1.29, 1.82) is 0 Å². The molecule has 0 spiro atoms. The maximum Gasteiger partial charge on any atom is 0.219 e. The molecule has 0 aromatic carbocycles. The molecule has 1 aliphatic heterocycles. The Hall–Kier alpha value is -0.570. The molecule has 0 N–H and O–H groups in total.